The molecule has 0 saturated heterocycles. The Bertz CT molecular complexity index is 679. The first-order valence-electron chi connectivity index (χ1n) is 7.91. The number of Topliss-reactive ketones (excluding diaryl/α,β-unsaturated/α-hetero) is 1. The van der Waals surface area contributed by atoms with Crippen molar-refractivity contribution in [1.82, 2.24) is 5.32 Å². The van der Waals surface area contributed by atoms with E-state index in [0.29, 0.717) is 37.1 Å². The zero-order chi connectivity index (χ0) is 18.8. The van der Waals surface area contributed by atoms with E-state index in [2.05, 4.69) is 11.2 Å². The Kier molecular flexibility index (Phi) is 8.16. The van der Waals surface area contributed by atoms with E-state index in [1.807, 2.05) is 0 Å². The fourth-order valence-electron chi connectivity index (χ4n) is 2.10. The predicted octanol–water partition coefficient (Wildman–Crippen LogP) is 0.614. The summed E-state index contributed by atoms with van der Waals surface area (Å²) in [7, 11) is 0. The van der Waals surface area contributed by atoms with Gasteiger partial charge in [0.1, 0.15) is 12.4 Å². The normalized spacial score (nSPS) is 11.2. The monoisotopic (exact) mass is 345 g/mol. The molecule has 1 aromatic carbocycles. The molecule has 7 nitrogen and oxygen atoms in total. The average molecular weight is 345 g/mol. The minimum atomic E-state index is -0.674. The van der Waals surface area contributed by atoms with Crippen LogP contribution in [0.2, 0.25) is 0 Å². The van der Waals surface area contributed by atoms with Crippen molar-refractivity contribution in [2.75, 3.05) is 13.2 Å². The van der Waals surface area contributed by atoms with Gasteiger partial charge in [-0.2, -0.15) is 0 Å². The van der Waals surface area contributed by atoms with Crippen molar-refractivity contribution in [3.05, 3.63) is 29.3 Å². The Hall–Kier alpha value is -2.85. The minimum absolute atomic E-state index is 0.0186. The van der Waals surface area contributed by atoms with E-state index in [-0.39, 0.29) is 23.9 Å². The van der Waals surface area contributed by atoms with Gasteiger partial charge in [0, 0.05) is 12.1 Å². The van der Waals surface area contributed by atoms with Crippen LogP contribution in [0.15, 0.2) is 18.2 Å². The van der Waals surface area contributed by atoms with Crippen molar-refractivity contribution in [1.29, 1.82) is 0 Å². The van der Waals surface area contributed by atoms with Gasteiger partial charge in [0.25, 0.3) is 5.91 Å². The smallest absolute Gasteiger partial charge is 0.255 e. The summed E-state index contributed by atoms with van der Waals surface area (Å²) in [5, 5.41) is 2.75. The van der Waals surface area contributed by atoms with Crippen LogP contribution in [0.1, 0.15) is 46.9 Å². The lowest BCUT2D eigenvalue weighted by Gasteiger charge is -2.12. The first kappa shape index (κ1) is 20.2. The summed E-state index contributed by atoms with van der Waals surface area (Å²) in [6.45, 7) is 1.83. The van der Waals surface area contributed by atoms with Gasteiger partial charge in [0.2, 0.25) is 5.91 Å². The number of benzene rings is 1. The molecule has 0 aliphatic rings. The maximum absolute atomic E-state index is 12.4. The molecular formula is C18H23N3O4. The summed E-state index contributed by atoms with van der Waals surface area (Å²) in [4.78, 5) is 34.7. The van der Waals surface area contributed by atoms with Gasteiger partial charge in [-0.1, -0.05) is 5.92 Å². The molecule has 0 aromatic heterocycles. The van der Waals surface area contributed by atoms with Gasteiger partial charge in [-0.15, -0.1) is 6.42 Å². The molecule has 134 valence electrons. The molecule has 0 bridgehead atoms. The average Bonchev–Trinajstić information content (AvgIpc) is 2.58. The molecule has 2 amide bonds. The summed E-state index contributed by atoms with van der Waals surface area (Å²) in [6.07, 6.45) is 6.92. The van der Waals surface area contributed by atoms with Crippen molar-refractivity contribution in [2.45, 2.75) is 32.2 Å². The number of carbonyl (C=O) groups is 3. The molecular weight excluding hydrogens is 322 g/mol. The predicted molar refractivity (Wildman–Crippen MR) is 94.1 cm³/mol. The van der Waals surface area contributed by atoms with E-state index < -0.39 is 11.9 Å². The number of rotatable bonds is 10. The minimum Gasteiger partial charge on any atom is -0.480 e. The van der Waals surface area contributed by atoms with Crippen molar-refractivity contribution < 1.29 is 19.1 Å². The Labute approximate surface area is 147 Å². The molecule has 1 rings (SSSR count). The van der Waals surface area contributed by atoms with Gasteiger partial charge in [-0.05, 0) is 44.4 Å². The van der Waals surface area contributed by atoms with Crippen molar-refractivity contribution in [3.8, 4) is 18.1 Å². The number of hydrogen-bond acceptors (Lipinski definition) is 5. The standard InChI is InChI=1S/C18H23N3O4/c1-3-10-25-16-8-7-13(12(2)22)11-14(16)18(24)21-9-5-4-6-15(19)17(20)23/h1,7-8,11,15H,4-6,9-10,19H2,2H3,(H2,20,23)(H,21,24). The van der Waals surface area contributed by atoms with Gasteiger partial charge in [0.15, 0.2) is 5.78 Å². The maximum atomic E-state index is 12.4. The number of primary amides is 1. The Morgan fingerprint density at radius 3 is 2.64 bits per heavy atom. The molecule has 7 heteroatoms. The summed E-state index contributed by atoms with van der Waals surface area (Å²) in [5.41, 5.74) is 11.3. The van der Waals surface area contributed by atoms with E-state index in [0.717, 1.165) is 0 Å². The highest BCUT2D eigenvalue weighted by Crippen LogP contribution is 2.20. The third kappa shape index (κ3) is 6.65. The van der Waals surface area contributed by atoms with Crippen LogP contribution in [0.25, 0.3) is 0 Å². The molecule has 0 saturated carbocycles. The molecule has 0 aliphatic carbocycles. The lowest BCUT2D eigenvalue weighted by Crippen LogP contribution is -2.36. The molecule has 0 fully saturated rings. The van der Waals surface area contributed by atoms with E-state index in [1.165, 1.54) is 13.0 Å². The maximum Gasteiger partial charge on any atom is 0.255 e. The van der Waals surface area contributed by atoms with Gasteiger partial charge >= 0.3 is 0 Å². The second-order valence-electron chi connectivity index (χ2n) is 5.52. The third-order valence-corrected chi connectivity index (χ3v) is 3.53. The fourth-order valence-corrected chi connectivity index (χ4v) is 2.10. The van der Waals surface area contributed by atoms with Crippen LogP contribution in [0.5, 0.6) is 5.75 Å². The molecule has 1 aromatic rings. The van der Waals surface area contributed by atoms with Crippen LogP contribution in [0.3, 0.4) is 0 Å². The number of ether oxygens (including phenoxy) is 1. The highest BCUT2D eigenvalue weighted by atomic mass is 16.5. The molecule has 5 N–H and O–H groups in total. The first-order valence-corrected chi connectivity index (χ1v) is 7.91. The van der Waals surface area contributed by atoms with Gasteiger partial charge in [0.05, 0.1) is 11.6 Å². The number of unbranched alkanes of at least 4 members (excludes halogenated alkanes) is 1. The quantitative estimate of drug-likeness (QED) is 0.326. The summed E-state index contributed by atoms with van der Waals surface area (Å²) < 4.78 is 5.35. The van der Waals surface area contributed by atoms with Crippen LogP contribution in [-0.4, -0.2) is 36.8 Å². The number of nitrogens with one attached hydrogen (secondary N) is 1. The Morgan fingerprint density at radius 1 is 1.32 bits per heavy atom. The number of nitrogens with two attached hydrogens (primary N) is 2. The summed E-state index contributed by atoms with van der Waals surface area (Å²) in [5.74, 6) is 1.58. The van der Waals surface area contributed by atoms with Crippen LogP contribution in [0, 0.1) is 12.3 Å². The molecule has 0 aliphatic heterocycles. The Balaban J connectivity index is 2.66. The second kappa shape index (κ2) is 10.1. The van der Waals surface area contributed by atoms with E-state index >= 15 is 0 Å². The van der Waals surface area contributed by atoms with Gasteiger partial charge < -0.3 is 21.5 Å². The van der Waals surface area contributed by atoms with Crippen LogP contribution in [-0.2, 0) is 4.79 Å². The SMILES string of the molecule is C#CCOc1ccc(C(C)=O)cc1C(=O)NCCCCC(N)C(N)=O. The largest absolute Gasteiger partial charge is 0.480 e. The number of carbonyl (C=O) groups excluding carboxylic acids is 3. The third-order valence-electron chi connectivity index (χ3n) is 3.53. The summed E-state index contributed by atoms with van der Waals surface area (Å²) >= 11 is 0. The number of terminal acetylenes is 1. The molecule has 1 atom stereocenters. The molecule has 25 heavy (non-hydrogen) atoms. The number of ketones is 1. The zero-order valence-electron chi connectivity index (χ0n) is 14.2. The van der Waals surface area contributed by atoms with Crippen molar-refractivity contribution >= 4 is 17.6 Å². The van der Waals surface area contributed by atoms with Crippen molar-refractivity contribution in [2.24, 2.45) is 11.5 Å². The zero-order valence-corrected chi connectivity index (χ0v) is 14.2. The van der Waals surface area contributed by atoms with E-state index in [1.54, 1.807) is 12.1 Å². The topological polar surface area (TPSA) is 125 Å². The Morgan fingerprint density at radius 2 is 2.04 bits per heavy atom. The van der Waals surface area contributed by atoms with Gasteiger partial charge in [-0.3, -0.25) is 14.4 Å². The molecule has 0 radical (unpaired) electrons. The van der Waals surface area contributed by atoms with Crippen LogP contribution >= 0.6 is 0 Å². The second-order valence-corrected chi connectivity index (χ2v) is 5.52. The van der Waals surface area contributed by atoms with Crippen molar-refractivity contribution in [3.63, 3.8) is 0 Å². The summed E-state index contributed by atoms with van der Waals surface area (Å²) in [6, 6.07) is 3.93. The molecule has 0 spiro atoms. The lowest BCUT2D eigenvalue weighted by atomic mass is 10.1. The van der Waals surface area contributed by atoms with Gasteiger partial charge in [-0.25, -0.2) is 0 Å². The lowest BCUT2D eigenvalue weighted by molar-refractivity contribution is -0.119. The molecule has 0 heterocycles. The number of amides is 2. The highest BCUT2D eigenvalue weighted by Gasteiger charge is 2.15. The van der Waals surface area contributed by atoms with Crippen LogP contribution < -0.4 is 21.5 Å². The number of hydrogen-bond donors (Lipinski definition) is 3. The molecule has 1 unspecified atom stereocenters. The highest BCUT2D eigenvalue weighted by molar-refractivity contribution is 6.01. The van der Waals surface area contributed by atoms with Crippen LogP contribution in [0.4, 0.5) is 0 Å². The first-order chi connectivity index (χ1) is 11.9. The van der Waals surface area contributed by atoms with E-state index in [9.17, 15) is 14.4 Å². The fraction of sp³-hybridized carbons (Fsp3) is 0.389. The van der Waals surface area contributed by atoms with E-state index in [4.69, 9.17) is 22.6 Å².